The molecule has 4 N–H and O–H groups in total. The molecule has 0 aromatic rings. The van der Waals surface area contributed by atoms with Crippen molar-refractivity contribution in [1.82, 2.24) is 5.32 Å². The van der Waals surface area contributed by atoms with Crippen molar-refractivity contribution < 1.29 is 15.3 Å². The van der Waals surface area contributed by atoms with Crippen LogP contribution in [0.4, 0.5) is 0 Å². The van der Waals surface area contributed by atoms with Crippen LogP contribution in [0.1, 0.15) is 12.8 Å². The average molecular weight is 159 g/mol. The van der Waals surface area contributed by atoms with Crippen LogP contribution in [0.2, 0.25) is 0 Å². The minimum absolute atomic E-state index is 0.0154. The van der Waals surface area contributed by atoms with E-state index in [9.17, 15) is 15.3 Å². The number of aliphatic hydroxyl groups is 3. The number of hydrogen-bond donors (Lipinski definition) is 4. The van der Waals surface area contributed by atoms with Crippen LogP contribution in [-0.2, 0) is 0 Å². The molecule has 11 heavy (non-hydrogen) atoms. The van der Waals surface area contributed by atoms with Crippen molar-refractivity contribution in [3.8, 4) is 0 Å². The Balaban J connectivity index is 2.12. The van der Waals surface area contributed by atoms with Gasteiger partial charge in [-0.1, -0.05) is 0 Å². The first-order valence-corrected chi connectivity index (χ1v) is 3.98. The molecular formula is C7H13NO3. The van der Waals surface area contributed by atoms with Crippen LogP contribution in [0.15, 0.2) is 0 Å². The van der Waals surface area contributed by atoms with Gasteiger partial charge in [-0.2, -0.15) is 0 Å². The number of fused-ring (bicyclic) bond motifs is 2. The van der Waals surface area contributed by atoms with Gasteiger partial charge in [0, 0.05) is 12.1 Å². The molecule has 2 fully saturated rings. The molecule has 0 spiro atoms. The maximum atomic E-state index is 9.36. The summed E-state index contributed by atoms with van der Waals surface area (Å²) in [5.41, 5.74) is 0. The molecule has 0 radical (unpaired) electrons. The van der Waals surface area contributed by atoms with Gasteiger partial charge >= 0.3 is 0 Å². The van der Waals surface area contributed by atoms with E-state index in [1.165, 1.54) is 0 Å². The molecular weight excluding hydrogens is 146 g/mol. The van der Waals surface area contributed by atoms with E-state index in [2.05, 4.69) is 5.32 Å². The van der Waals surface area contributed by atoms with Crippen LogP contribution in [0.3, 0.4) is 0 Å². The lowest BCUT2D eigenvalue weighted by Crippen LogP contribution is -2.52. The van der Waals surface area contributed by atoms with Gasteiger partial charge < -0.3 is 20.6 Å². The summed E-state index contributed by atoms with van der Waals surface area (Å²) in [5, 5.41) is 31.0. The molecule has 2 saturated heterocycles. The van der Waals surface area contributed by atoms with Gasteiger partial charge in [-0.3, -0.25) is 0 Å². The van der Waals surface area contributed by atoms with E-state index >= 15 is 0 Å². The summed E-state index contributed by atoms with van der Waals surface area (Å²) in [6.45, 7) is 0. The average Bonchev–Trinajstić information content (AvgIpc) is 2.26. The highest BCUT2D eigenvalue weighted by molar-refractivity contribution is 5.02. The molecule has 5 atom stereocenters. The van der Waals surface area contributed by atoms with E-state index in [0.29, 0.717) is 12.8 Å². The summed E-state index contributed by atoms with van der Waals surface area (Å²) >= 11 is 0. The van der Waals surface area contributed by atoms with E-state index in [1.54, 1.807) is 0 Å². The Morgan fingerprint density at radius 3 is 2.27 bits per heavy atom. The zero-order valence-corrected chi connectivity index (χ0v) is 6.14. The van der Waals surface area contributed by atoms with E-state index < -0.39 is 18.3 Å². The van der Waals surface area contributed by atoms with Gasteiger partial charge in [0.15, 0.2) is 0 Å². The van der Waals surface area contributed by atoms with Gasteiger partial charge in [-0.25, -0.2) is 0 Å². The first-order valence-electron chi connectivity index (χ1n) is 3.98. The Hall–Kier alpha value is -0.160. The first-order chi connectivity index (χ1) is 5.18. The van der Waals surface area contributed by atoms with Gasteiger partial charge in [0.1, 0.15) is 0 Å². The molecule has 4 nitrogen and oxygen atoms in total. The fraction of sp³-hybridized carbons (Fsp3) is 1.00. The molecule has 0 aliphatic carbocycles. The minimum atomic E-state index is -0.705. The monoisotopic (exact) mass is 159 g/mol. The summed E-state index contributed by atoms with van der Waals surface area (Å²) in [7, 11) is 0. The largest absolute Gasteiger partial charge is 0.391 e. The summed E-state index contributed by atoms with van der Waals surface area (Å²) in [6, 6.07) is -0.128. The molecule has 64 valence electrons. The quantitative estimate of drug-likeness (QED) is 0.336. The van der Waals surface area contributed by atoms with Crippen molar-refractivity contribution in [3.63, 3.8) is 0 Å². The molecule has 4 heteroatoms. The molecule has 0 unspecified atom stereocenters. The van der Waals surface area contributed by atoms with Crippen LogP contribution < -0.4 is 5.32 Å². The van der Waals surface area contributed by atoms with Crippen LogP contribution >= 0.6 is 0 Å². The van der Waals surface area contributed by atoms with Crippen molar-refractivity contribution in [2.24, 2.45) is 0 Å². The fourth-order valence-corrected chi connectivity index (χ4v) is 2.01. The van der Waals surface area contributed by atoms with Crippen LogP contribution in [0.25, 0.3) is 0 Å². The predicted octanol–water partition coefficient (Wildman–Crippen LogP) is -1.80. The molecule has 0 aromatic heterocycles. The third-order valence-electron chi connectivity index (χ3n) is 2.69. The number of rotatable bonds is 0. The molecule has 0 saturated carbocycles. The highest BCUT2D eigenvalue weighted by Crippen LogP contribution is 2.27. The molecule has 2 aliphatic heterocycles. The predicted molar refractivity (Wildman–Crippen MR) is 38.0 cm³/mol. The van der Waals surface area contributed by atoms with E-state index in [4.69, 9.17) is 0 Å². The summed E-state index contributed by atoms with van der Waals surface area (Å²) in [4.78, 5) is 0. The molecule has 2 heterocycles. The Labute approximate surface area is 64.8 Å². The SMILES string of the molecule is O[C@H]1[C@H](O)C[C@@H]2N[C@H]1C[C@H]2O. The Bertz CT molecular complexity index is 162. The van der Waals surface area contributed by atoms with Gasteiger partial charge in [-0.15, -0.1) is 0 Å². The number of nitrogens with one attached hydrogen (secondary N) is 1. The normalized spacial score (nSPS) is 56.5. The molecule has 2 bridgehead atoms. The van der Waals surface area contributed by atoms with Crippen molar-refractivity contribution in [3.05, 3.63) is 0 Å². The third-order valence-corrected chi connectivity index (χ3v) is 2.69. The molecule has 2 rings (SSSR count). The Morgan fingerprint density at radius 2 is 1.55 bits per heavy atom. The van der Waals surface area contributed by atoms with E-state index in [1.807, 2.05) is 0 Å². The van der Waals surface area contributed by atoms with Gasteiger partial charge in [0.2, 0.25) is 0 Å². The summed E-state index contributed by atoms with van der Waals surface area (Å²) in [5.74, 6) is 0. The van der Waals surface area contributed by atoms with Crippen molar-refractivity contribution in [2.75, 3.05) is 0 Å². The Morgan fingerprint density at radius 1 is 0.909 bits per heavy atom. The maximum Gasteiger partial charge on any atom is 0.0953 e. The van der Waals surface area contributed by atoms with Crippen molar-refractivity contribution in [1.29, 1.82) is 0 Å². The maximum absolute atomic E-state index is 9.36. The smallest absolute Gasteiger partial charge is 0.0953 e. The zero-order valence-electron chi connectivity index (χ0n) is 6.14. The third kappa shape index (κ3) is 1.06. The van der Waals surface area contributed by atoms with Crippen molar-refractivity contribution in [2.45, 2.75) is 43.2 Å². The molecule has 0 aromatic carbocycles. The number of aliphatic hydroxyl groups excluding tert-OH is 3. The van der Waals surface area contributed by atoms with Crippen LogP contribution in [0.5, 0.6) is 0 Å². The highest BCUT2D eigenvalue weighted by Gasteiger charge is 2.44. The molecule has 0 amide bonds. The lowest BCUT2D eigenvalue weighted by molar-refractivity contribution is -0.0256. The van der Waals surface area contributed by atoms with Gasteiger partial charge in [-0.05, 0) is 12.8 Å². The van der Waals surface area contributed by atoms with Crippen molar-refractivity contribution >= 4 is 0 Å². The minimum Gasteiger partial charge on any atom is -0.391 e. The standard InChI is InChI=1S/C7H13NO3/c9-5-2-4-7(11)6(10)1-3(5)8-4/h3-11H,1-2H2/t3-,4-,5+,6+,7+/m0/s1. The van der Waals surface area contributed by atoms with Crippen LogP contribution in [-0.4, -0.2) is 45.7 Å². The lowest BCUT2D eigenvalue weighted by Gasteiger charge is -2.30. The van der Waals surface area contributed by atoms with E-state index in [0.717, 1.165) is 0 Å². The number of piperidine rings is 1. The topological polar surface area (TPSA) is 72.7 Å². The molecule has 2 aliphatic rings. The van der Waals surface area contributed by atoms with E-state index in [-0.39, 0.29) is 12.1 Å². The second-order valence-electron chi connectivity index (χ2n) is 3.48. The van der Waals surface area contributed by atoms with Gasteiger partial charge in [0.25, 0.3) is 0 Å². The number of hydrogen-bond acceptors (Lipinski definition) is 4. The first kappa shape index (κ1) is 7.49. The summed E-state index contributed by atoms with van der Waals surface area (Å²) in [6.07, 6.45) is -0.750. The van der Waals surface area contributed by atoms with Gasteiger partial charge in [0.05, 0.1) is 18.3 Å². The fourth-order valence-electron chi connectivity index (χ4n) is 2.01. The second-order valence-corrected chi connectivity index (χ2v) is 3.48. The second kappa shape index (κ2) is 2.42. The summed E-state index contributed by atoms with van der Waals surface area (Å²) < 4.78 is 0. The Kier molecular flexibility index (Phi) is 1.64. The zero-order chi connectivity index (χ0) is 8.01. The lowest BCUT2D eigenvalue weighted by atomic mass is 9.99. The van der Waals surface area contributed by atoms with Crippen LogP contribution in [0, 0.1) is 0 Å². The highest BCUT2D eigenvalue weighted by atomic mass is 16.3.